The van der Waals surface area contributed by atoms with E-state index >= 15 is 0 Å². The van der Waals surface area contributed by atoms with Crippen molar-refractivity contribution in [3.05, 3.63) is 65.1 Å². The molecule has 3 nitrogen and oxygen atoms in total. The molecule has 20 heavy (non-hydrogen) atoms. The molecule has 0 bridgehead atoms. The van der Waals surface area contributed by atoms with Crippen LogP contribution in [-0.4, -0.2) is 10.9 Å². The second kappa shape index (κ2) is 4.98. The molecule has 0 unspecified atom stereocenters. The minimum absolute atomic E-state index is 0.0114. The summed E-state index contributed by atoms with van der Waals surface area (Å²) in [4.78, 5) is 15.3. The fourth-order valence-corrected chi connectivity index (χ4v) is 2.28. The van der Waals surface area contributed by atoms with E-state index in [-0.39, 0.29) is 10.7 Å². The van der Waals surface area contributed by atoms with E-state index in [9.17, 15) is 9.18 Å². The van der Waals surface area contributed by atoms with Crippen LogP contribution < -0.4 is 5.32 Å². The highest BCUT2D eigenvalue weighted by Gasteiger charge is 2.14. The van der Waals surface area contributed by atoms with Gasteiger partial charge in [0.1, 0.15) is 5.82 Å². The molecule has 0 saturated heterocycles. The number of H-pyrrole nitrogens is 1. The van der Waals surface area contributed by atoms with Crippen molar-refractivity contribution in [2.45, 2.75) is 0 Å². The SMILES string of the molecule is O=C(Nc1c(F)cccc1Cl)c1cccc2cc[nH]c12. The number of nitrogens with one attached hydrogen (secondary N) is 2. The third-order valence-electron chi connectivity index (χ3n) is 3.03. The maximum absolute atomic E-state index is 13.7. The zero-order valence-electron chi connectivity index (χ0n) is 10.3. The molecular formula is C15H10ClFN2O. The second-order valence-electron chi connectivity index (χ2n) is 4.30. The first-order valence-electron chi connectivity index (χ1n) is 5.98. The lowest BCUT2D eigenvalue weighted by molar-refractivity contribution is 0.102. The molecule has 0 atom stereocenters. The van der Waals surface area contributed by atoms with E-state index in [4.69, 9.17) is 11.6 Å². The predicted molar refractivity (Wildman–Crippen MR) is 77.7 cm³/mol. The number of halogens is 2. The molecule has 0 spiro atoms. The molecule has 1 amide bonds. The molecule has 2 N–H and O–H groups in total. The molecule has 0 saturated carbocycles. The highest BCUT2D eigenvalue weighted by Crippen LogP contribution is 2.26. The van der Waals surface area contributed by atoms with Crippen LogP contribution in [0.15, 0.2) is 48.7 Å². The number of aromatic nitrogens is 1. The van der Waals surface area contributed by atoms with Crippen molar-refractivity contribution < 1.29 is 9.18 Å². The second-order valence-corrected chi connectivity index (χ2v) is 4.71. The maximum Gasteiger partial charge on any atom is 0.257 e. The van der Waals surface area contributed by atoms with Gasteiger partial charge in [-0.2, -0.15) is 0 Å². The van der Waals surface area contributed by atoms with E-state index in [0.29, 0.717) is 11.1 Å². The number of carbonyl (C=O) groups is 1. The van der Waals surface area contributed by atoms with E-state index < -0.39 is 11.7 Å². The van der Waals surface area contributed by atoms with Gasteiger partial charge >= 0.3 is 0 Å². The van der Waals surface area contributed by atoms with Gasteiger partial charge in [0.2, 0.25) is 0 Å². The summed E-state index contributed by atoms with van der Waals surface area (Å²) in [5, 5.41) is 3.59. The van der Waals surface area contributed by atoms with E-state index in [0.717, 1.165) is 5.39 Å². The molecular weight excluding hydrogens is 279 g/mol. The lowest BCUT2D eigenvalue weighted by Gasteiger charge is -2.09. The van der Waals surface area contributed by atoms with Crippen LogP contribution in [0.4, 0.5) is 10.1 Å². The number of carbonyl (C=O) groups excluding carboxylic acids is 1. The number of rotatable bonds is 2. The topological polar surface area (TPSA) is 44.9 Å². The number of benzene rings is 2. The maximum atomic E-state index is 13.7. The first-order chi connectivity index (χ1) is 9.66. The number of amides is 1. The minimum atomic E-state index is -0.565. The number of anilines is 1. The largest absolute Gasteiger partial charge is 0.361 e. The van der Waals surface area contributed by atoms with Crippen LogP contribution in [0.2, 0.25) is 5.02 Å². The van der Waals surface area contributed by atoms with E-state index in [1.807, 2.05) is 12.1 Å². The van der Waals surface area contributed by atoms with Gasteiger partial charge < -0.3 is 10.3 Å². The van der Waals surface area contributed by atoms with Gasteiger partial charge in [0.05, 0.1) is 21.8 Å². The Hall–Kier alpha value is -2.33. The van der Waals surface area contributed by atoms with Gasteiger partial charge in [-0.25, -0.2) is 4.39 Å². The predicted octanol–water partition coefficient (Wildman–Crippen LogP) is 4.21. The number of hydrogen-bond acceptors (Lipinski definition) is 1. The van der Waals surface area contributed by atoms with Crippen molar-refractivity contribution in [2.24, 2.45) is 0 Å². The Morgan fingerprint density at radius 3 is 2.75 bits per heavy atom. The summed E-state index contributed by atoms with van der Waals surface area (Å²) in [7, 11) is 0. The van der Waals surface area contributed by atoms with Crippen molar-refractivity contribution in [1.82, 2.24) is 4.98 Å². The van der Waals surface area contributed by atoms with Crippen LogP contribution in [-0.2, 0) is 0 Å². The van der Waals surface area contributed by atoms with Gasteiger partial charge in [0, 0.05) is 11.6 Å². The summed E-state index contributed by atoms with van der Waals surface area (Å²) in [5.74, 6) is -0.977. The third-order valence-corrected chi connectivity index (χ3v) is 3.35. The summed E-state index contributed by atoms with van der Waals surface area (Å²) in [6.07, 6.45) is 1.75. The van der Waals surface area contributed by atoms with E-state index in [2.05, 4.69) is 10.3 Å². The molecule has 1 heterocycles. The van der Waals surface area contributed by atoms with E-state index in [1.165, 1.54) is 18.2 Å². The quantitative estimate of drug-likeness (QED) is 0.729. The molecule has 5 heteroatoms. The fraction of sp³-hybridized carbons (Fsp3) is 0. The van der Waals surface area contributed by atoms with Crippen molar-refractivity contribution in [1.29, 1.82) is 0 Å². The molecule has 0 fully saturated rings. The zero-order chi connectivity index (χ0) is 14.1. The highest BCUT2D eigenvalue weighted by atomic mass is 35.5. The van der Waals surface area contributed by atoms with Crippen LogP contribution in [0.1, 0.15) is 10.4 Å². The molecule has 100 valence electrons. The zero-order valence-corrected chi connectivity index (χ0v) is 11.0. The summed E-state index contributed by atoms with van der Waals surface area (Å²) in [6, 6.07) is 11.4. The standard InChI is InChI=1S/C15H10ClFN2O/c16-11-5-2-6-12(17)14(11)19-15(20)10-4-1-3-9-7-8-18-13(9)10/h1-8,18H,(H,19,20). The molecule has 0 radical (unpaired) electrons. The Morgan fingerprint density at radius 1 is 1.15 bits per heavy atom. The summed E-state index contributed by atoms with van der Waals surface area (Å²) in [6.45, 7) is 0. The lowest BCUT2D eigenvalue weighted by Crippen LogP contribution is -2.13. The Kier molecular flexibility index (Phi) is 3.16. The third kappa shape index (κ3) is 2.14. The Labute approximate surface area is 119 Å². The van der Waals surface area contributed by atoms with Gasteiger partial charge in [-0.3, -0.25) is 4.79 Å². The molecule has 0 aliphatic carbocycles. The number of para-hydroxylation sites is 2. The van der Waals surface area contributed by atoms with E-state index in [1.54, 1.807) is 18.3 Å². The Morgan fingerprint density at radius 2 is 1.95 bits per heavy atom. The Bertz CT molecular complexity index is 777. The monoisotopic (exact) mass is 288 g/mol. The number of hydrogen-bond donors (Lipinski definition) is 2. The fourth-order valence-electron chi connectivity index (χ4n) is 2.07. The summed E-state index contributed by atoms with van der Waals surface area (Å²) in [5.41, 5.74) is 1.13. The average Bonchev–Trinajstić information content (AvgIpc) is 2.91. The van der Waals surface area contributed by atoms with Crippen LogP contribution in [0, 0.1) is 5.82 Å². The first-order valence-corrected chi connectivity index (χ1v) is 6.36. The van der Waals surface area contributed by atoms with Crippen LogP contribution in [0.3, 0.4) is 0 Å². The number of aromatic amines is 1. The normalized spacial score (nSPS) is 10.7. The van der Waals surface area contributed by atoms with Gasteiger partial charge in [0.25, 0.3) is 5.91 Å². The molecule has 1 aromatic heterocycles. The van der Waals surface area contributed by atoms with Crippen molar-refractivity contribution in [3.8, 4) is 0 Å². The Balaban J connectivity index is 2.00. The van der Waals surface area contributed by atoms with Crippen molar-refractivity contribution in [2.75, 3.05) is 5.32 Å². The van der Waals surface area contributed by atoms with Gasteiger partial charge in [-0.15, -0.1) is 0 Å². The van der Waals surface area contributed by atoms with Gasteiger partial charge in [0.15, 0.2) is 0 Å². The van der Waals surface area contributed by atoms with Crippen LogP contribution in [0.25, 0.3) is 10.9 Å². The van der Waals surface area contributed by atoms with Gasteiger partial charge in [-0.05, 0) is 24.3 Å². The molecule has 2 aromatic carbocycles. The van der Waals surface area contributed by atoms with Crippen molar-refractivity contribution in [3.63, 3.8) is 0 Å². The van der Waals surface area contributed by atoms with Crippen LogP contribution >= 0.6 is 11.6 Å². The lowest BCUT2D eigenvalue weighted by atomic mass is 10.1. The van der Waals surface area contributed by atoms with Crippen molar-refractivity contribution >= 4 is 34.1 Å². The summed E-state index contributed by atoms with van der Waals surface area (Å²) < 4.78 is 13.7. The smallest absolute Gasteiger partial charge is 0.257 e. The summed E-state index contributed by atoms with van der Waals surface area (Å²) >= 11 is 5.90. The average molecular weight is 289 g/mol. The molecule has 3 rings (SSSR count). The molecule has 3 aromatic rings. The van der Waals surface area contributed by atoms with Crippen LogP contribution in [0.5, 0.6) is 0 Å². The minimum Gasteiger partial charge on any atom is -0.361 e. The highest BCUT2D eigenvalue weighted by molar-refractivity contribution is 6.34. The molecule has 0 aliphatic heterocycles. The van der Waals surface area contributed by atoms with Gasteiger partial charge in [-0.1, -0.05) is 29.8 Å². The first kappa shape index (κ1) is 12.7. The number of fused-ring (bicyclic) bond motifs is 1. The molecule has 0 aliphatic rings.